The molecule has 2 N–H and O–H groups in total. The van der Waals surface area contributed by atoms with Crippen LogP contribution in [-0.2, 0) is 6.61 Å². The predicted octanol–water partition coefficient (Wildman–Crippen LogP) is 4.31. The van der Waals surface area contributed by atoms with E-state index in [0.29, 0.717) is 21.6 Å². The van der Waals surface area contributed by atoms with Gasteiger partial charge in [-0.25, -0.2) is 4.98 Å². The molecule has 1 aromatic heterocycles. The number of ether oxygens (including phenoxy) is 1. The van der Waals surface area contributed by atoms with Gasteiger partial charge >= 0.3 is 0 Å². The Balaban J connectivity index is 2.16. The molecule has 0 atom stereocenters. The Kier molecular flexibility index (Phi) is 4.32. The molecule has 0 amide bonds. The number of hydrogen-bond acceptors (Lipinski definition) is 3. The zero-order chi connectivity index (χ0) is 13.1. The first-order valence-electron chi connectivity index (χ1n) is 5.04. The maximum absolute atomic E-state index is 6.05. The number of benzene rings is 1. The zero-order valence-corrected chi connectivity index (χ0v) is 12.3. The van der Waals surface area contributed by atoms with E-state index in [0.717, 1.165) is 10.0 Å². The van der Waals surface area contributed by atoms with Gasteiger partial charge in [0.15, 0.2) is 0 Å². The third kappa shape index (κ3) is 3.07. The van der Waals surface area contributed by atoms with Gasteiger partial charge in [0, 0.05) is 22.3 Å². The van der Waals surface area contributed by atoms with Crippen molar-refractivity contribution in [3.05, 3.63) is 50.5 Å². The van der Waals surface area contributed by atoms with Crippen molar-refractivity contribution in [2.75, 3.05) is 5.73 Å². The number of halogens is 3. The van der Waals surface area contributed by atoms with Crippen molar-refractivity contribution in [1.82, 2.24) is 4.98 Å². The number of aromatic nitrogens is 1. The quantitative estimate of drug-likeness (QED) is 0.841. The van der Waals surface area contributed by atoms with Crippen molar-refractivity contribution in [3.8, 4) is 5.75 Å². The highest BCUT2D eigenvalue weighted by Crippen LogP contribution is 2.34. The summed E-state index contributed by atoms with van der Waals surface area (Å²) in [5.74, 6) is 0.949. The van der Waals surface area contributed by atoms with Crippen LogP contribution in [0.3, 0.4) is 0 Å². The van der Waals surface area contributed by atoms with Gasteiger partial charge in [0.25, 0.3) is 0 Å². The molecule has 0 aliphatic heterocycles. The first-order chi connectivity index (χ1) is 8.58. The Bertz CT molecular complexity index is 578. The van der Waals surface area contributed by atoms with Crippen LogP contribution >= 0.6 is 39.1 Å². The van der Waals surface area contributed by atoms with Gasteiger partial charge in [0.1, 0.15) is 18.2 Å². The molecule has 0 bridgehead atoms. The van der Waals surface area contributed by atoms with Gasteiger partial charge < -0.3 is 10.5 Å². The molecular weight excluding hydrogens is 339 g/mol. The van der Waals surface area contributed by atoms with Crippen molar-refractivity contribution in [2.24, 2.45) is 0 Å². The van der Waals surface area contributed by atoms with Crippen molar-refractivity contribution in [1.29, 1.82) is 0 Å². The molecule has 1 heterocycles. The topological polar surface area (TPSA) is 48.1 Å². The fourth-order valence-corrected chi connectivity index (χ4v) is 2.19. The highest BCUT2D eigenvalue weighted by atomic mass is 79.9. The van der Waals surface area contributed by atoms with Gasteiger partial charge in [-0.15, -0.1) is 0 Å². The van der Waals surface area contributed by atoms with E-state index in [1.165, 1.54) is 0 Å². The molecule has 6 heteroatoms. The number of nitrogens with two attached hydrogens (primary N) is 1. The van der Waals surface area contributed by atoms with E-state index in [2.05, 4.69) is 20.9 Å². The fourth-order valence-electron chi connectivity index (χ4n) is 1.34. The lowest BCUT2D eigenvalue weighted by molar-refractivity contribution is 0.306. The molecule has 0 radical (unpaired) electrons. The van der Waals surface area contributed by atoms with E-state index < -0.39 is 0 Å². The van der Waals surface area contributed by atoms with E-state index in [4.69, 9.17) is 33.7 Å². The zero-order valence-electron chi connectivity index (χ0n) is 9.16. The third-order valence-corrected chi connectivity index (χ3v) is 3.78. The van der Waals surface area contributed by atoms with E-state index in [1.807, 2.05) is 6.07 Å². The van der Waals surface area contributed by atoms with Gasteiger partial charge in [-0.05, 0) is 28.1 Å². The minimum absolute atomic E-state index is 0.289. The first kappa shape index (κ1) is 13.5. The van der Waals surface area contributed by atoms with E-state index in [9.17, 15) is 0 Å². The molecule has 0 fully saturated rings. The Labute approximate surface area is 123 Å². The first-order valence-corrected chi connectivity index (χ1v) is 6.59. The van der Waals surface area contributed by atoms with Gasteiger partial charge in [0.2, 0.25) is 0 Å². The van der Waals surface area contributed by atoms with Crippen LogP contribution in [0.5, 0.6) is 5.75 Å². The summed E-state index contributed by atoms with van der Waals surface area (Å²) in [6.07, 6.45) is 1.63. The fraction of sp³-hybridized carbons (Fsp3) is 0.0833. The number of hydrogen-bond donors (Lipinski definition) is 1. The SMILES string of the molecule is Nc1ncccc1COc1cc(Cl)c(Br)cc1Cl. The number of pyridine rings is 1. The highest BCUT2D eigenvalue weighted by molar-refractivity contribution is 9.10. The third-order valence-electron chi connectivity index (χ3n) is 2.28. The molecular formula is C12H9BrCl2N2O. The van der Waals surface area contributed by atoms with Crippen molar-refractivity contribution in [3.63, 3.8) is 0 Å². The monoisotopic (exact) mass is 346 g/mol. The second-order valence-corrected chi connectivity index (χ2v) is 5.20. The normalized spacial score (nSPS) is 10.4. The van der Waals surface area contributed by atoms with Gasteiger partial charge in [0.05, 0.1) is 10.0 Å². The molecule has 0 aliphatic carbocycles. The number of rotatable bonds is 3. The van der Waals surface area contributed by atoms with E-state index >= 15 is 0 Å². The van der Waals surface area contributed by atoms with E-state index in [-0.39, 0.29) is 6.61 Å². The number of anilines is 1. The molecule has 0 saturated carbocycles. The lowest BCUT2D eigenvalue weighted by atomic mass is 10.3. The van der Waals surface area contributed by atoms with Crippen molar-refractivity contribution in [2.45, 2.75) is 6.61 Å². The van der Waals surface area contributed by atoms with Gasteiger partial charge in [-0.2, -0.15) is 0 Å². The van der Waals surface area contributed by atoms with Crippen LogP contribution < -0.4 is 10.5 Å². The molecule has 3 nitrogen and oxygen atoms in total. The molecule has 2 rings (SSSR count). The summed E-state index contributed by atoms with van der Waals surface area (Å²) in [5.41, 5.74) is 6.52. The van der Waals surface area contributed by atoms with Crippen LogP contribution in [0.4, 0.5) is 5.82 Å². The Morgan fingerprint density at radius 1 is 1.28 bits per heavy atom. The summed E-state index contributed by atoms with van der Waals surface area (Å²) in [6.45, 7) is 0.289. The summed E-state index contributed by atoms with van der Waals surface area (Å²) in [7, 11) is 0. The predicted molar refractivity (Wildman–Crippen MR) is 77.1 cm³/mol. The van der Waals surface area contributed by atoms with Crippen molar-refractivity contribution < 1.29 is 4.74 Å². The lowest BCUT2D eigenvalue weighted by Crippen LogP contribution is -2.02. The molecule has 1 aromatic carbocycles. The number of nitrogens with zero attached hydrogens (tertiary/aromatic N) is 1. The summed E-state index contributed by atoms with van der Waals surface area (Å²) in [6, 6.07) is 6.98. The molecule has 0 spiro atoms. The average Bonchev–Trinajstić information content (AvgIpc) is 2.34. The standard InChI is InChI=1S/C12H9BrCl2N2O/c13-8-4-10(15)11(5-9(8)14)18-6-7-2-1-3-17-12(7)16/h1-5H,6H2,(H2,16,17). The maximum atomic E-state index is 6.05. The Morgan fingerprint density at radius 2 is 2.06 bits per heavy atom. The van der Waals surface area contributed by atoms with Crippen LogP contribution in [-0.4, -0.2) is 4.98 Å². The summed E-state index contributed by atoms with van der Waals surface area (Å²) >= 11 is 15.3. The molecule has 94 valence electrons. The highest BCUT2D eigenvalue weighted by Gasteiger charge is 2.08. The van der Waals surface area contributed by atoms with Crippen molar-refractivity contribution >= 4 is 44.9 Å². The molecule has 2 aromatic rings. The van der Waals surface area contributed by atoms with Crippen LogP contribution in [0.2, 0.25) is 10.0 Å². The molecule has 0 unspecified atom stereocenters. The summed E-state index contributed by atoms with van der Waals surface area (Å²) < 4.78 is 6.31. The largest absolute Gasteiger partial charge is 0.487 e. The van der Waals surface area contributed by atoms with E-state index in [1.54, 1.807) is 24.4 Å². The van der Waals surface area contributed by atoms with Crippen LogP contribution in [0.25, 0.3) is 0 Å². The molecule has 0 saturated heterocycles. The minimum Gasteiger partial charge on any atom is -0.487 e. The molecule has 18 heavy (non-hydrogen) atoms. The second kappa shape index (κ2) is 5.78. The van der Waals surface area contributed by atoms with Crippen LogP contribution in [0.15, 0.2) is 34.9 Å². The van der Waals surface area contributed by atoms with Crippen LogP contribution in [0.1, 0.15) is 5.56 Å². The maximum Gasteiger partial charge on any atom is 0.139 e. The second-order valence-electron chi connectivity index (χ2n) is 3.53. The number of nitrogen functional groups attached to an aromatic ring is 1. The van der Waals surface area contributed by atoms with Gasteiger partial charge in [-0.3, -0.25) is 0 Å². The van der Waals surface area contributed by atoms with Gasteiger partial charge in [-0.1, -0.05) is 29.3 Å². The Hall–Kier alpha value is -0.970. The molecule has 0 aliphatic rings. The smallest absolute Gasteiger partial charge is 0.139 e. The summed E-state index contributed by atoms with van der Waals surface area (Å²) in [5, 5.41) is 1.02. The lowest BCUT2D eigenvalue weighted by Gasteiger charge is -2.10. The summed E-state index contributed by atoms with van der Waals surface area (Å²) in [4.78, 5) is 3.98. The Morgan fingerprint density at radius 3 is 2.78 bits per heavy atom. The minimum atomic E-state index is 0.289. The average molecular weight is 348 g/mol. The van der Waals surface area contributed by atoms with Crippen LogP contribution in [0, 0.1) is 0 Å².